The molecule has 2 unspecified atom stereocenters. The van der Waals surface area contributed by atoms with Crippen LogP contribution in [0.2, 0.25) is 0 Å². The van der Waals surface area contributed by atoms with Crippen molar-refractivity contribution in [3.05, 3.63) is 12.2 Å². The number of carbonyl (C=O) groups excluding carboxylic acids is 2. The Morgan fingerprint density at radius 2 is 1.10 bits per heavy atom. The zero-order valence-corrected chi connectivity index (χ0v) is 20.4. The molecule has 0 aromatic heterocycles. The maximum Gasteiger partial charge on any atom is 0.310 e. The van der Waals surface area contributed by atoms with Crippen LogP contribution in [0.3, 0.4) is 0 Å². The minimum absolute atomic E-state index is 0.215. The van der Waals surface area contributed by atoms with E-state index >= 15 is 0 Å². The van der Waals surface area contributed by atoms with Crippen molar-refractivity contribution < 1.29 is 19.1 Å². The first-order valence-electron chi connectivity index (χ1n) is 13.2. The molecule has 0 saturated carbocycles. The molecule has 0 bridgehead atoms. The smallest absolute Gasteiger partial charge is 0.310 e. The molecule has 1 rings (SSSR count). The molecule has 2 atom stereocenters. The molecular weight excluding hydrogens is 388 g/mol. The van der Waals surface area contributed by atoms with Crippen molar-refractivity contribution in [2.24, 2.45) is 11.8 Å². The van der Waals surface area contributed by atoms with E-state index in [0.29, 0.717) is 26.1 Å². The lowest BCUT2D eigenvalue weighted by Gasteiger charge is -2.22. The van der Waals surface area contributed by atoms with Gasteiger partial charge in [0.2, 0.25) is 0 Å². The first kappa shape index (κ1) is 27.7. The Morgan fingerprint density at radius 1 is 0.645 bits per heavy atom. The Morgan fingerprint density at radius 3 is 1.61 bits per heavy atom. The average Bonchev–Trinajstić information content (AvgIpc) is 3.03. The van der Waals surface area contributed by atoms with Crippen LogP contribution in [0, 0.1) is 11.8 Å². The zero-order valence-electron chi connectivity index (χ0n) is 20.4. The molecule has 180 valence electrons. The molecule has 0 amide bonds. The summed E-state index contributed by atoms with van der Waals surface area (Å²) in [6.07, 6.45) is 22.9. The van der Waals surface area contributed by atoms with Crippen LogP contribution < -0.4 is 0 Å². The van der Waals surface area contributed by atoms with Gasteiger partial charge in [-0.15, -0.1) is 0 Å². The van der Waals surface area contributed by atoms with Gasteiger partial charge in [0, 0.05) is 0 Å². The van der Waals surface area contributed by atoms with Gasteiger partial charge in [0.25, 0.3) is 0 Å². The van der Waals surface area contributed by atoms with Crippen molar-refractivity contribution in [2.75, 3.05) is 13.2 Å². The van der Waals surface area contributed by atoms with Gasteiger partial charge < -0.3 is 9.47 Å². The van der Waals surface area contributed by atoms with E-state index < -0.39 is 5.92 Å². The minimum atomic E-state index is -0.398. The summed E-state index contributed by atoms with van der Waals surface area (Å²) in [7, 11) is 0. The quantitative estimate of drug-likeness (QED) is 0.126. The number of rotatable bonds is 18. The molecule has 0 N–H and O–H groups in total. The molecule has 0 spiro atoms. The monoisotopic (exact) mass is 436 g/mol. The third-order valence-electron chi connectivity index (χ3n) is 6.28. The zero-order chi connectivity index (χ0) is 22.6. The van der Waals surface area contributed by atoms with Gasteiger partial charge in [-0.1, -0.05) is 103 Å². The van der Waals surface area contributed by atoms with Gasteiger partial charge in [0.15, 0.2) is 0 Å². The second kappa shape index (κ2) is 19.4. The highest BCUT2D eigenvalue weighted by Gasteiger charge is 2.35. The summed E-state index contributed by atoms with van der Waals surface area (Å²) in [5.74, 6) is -1.21. The molecule has 0 heterocycles. The Labute approximate surface area is 191 Å². The molecule has 0 aromatic carbocycles. The number of hydrogen-bond acceptors (Lipinski definition) is 4. The summed E-state index contributed by atoms with van der Waals surface area (Å²) in [6.45, 7) is 5.38. The van der Waals surface area contributed by atoms with Gasteiger partial charge in [0.05, 0.1) is 25.0 Å². The predicted molar refractivity (Wildman–Crippen MR) is 128 cm³/mol. The lowest BCUT2D eigenvalue weighted by molar-refractivity contribution is -0.161. The Kier molecular flexibility index (Phi) is 17.3. The molecule has 4 heteroatoms. The first-order chi connectivity index (χ1) is 15.2. The molecule has 1 aliphatic carbocycles. The lowest BCUT2D eigenvalue weighted by atomic mass is 9.88. The fourth-order valence-corrected chi connectivity index (χ4v) is 4.22. The van der Waals surface area contributed by atoms with Crippen molar-refractivity contribution in [1.82, 2.24) is 0 Å². The minimum Gasteiger partial charge on any atom is -0.465 e. The molecule has 0 aromatic rings. The largest absolute Gasteiger partial charge is 0.465 e. The molecule has 31 heavy (non-hydrogen) atoms. The third-order valence-corrected chi connectivity index (χ3v) is 6.28. The summed E-state index contributed by atoms with van der Waals surface area (Å²) in [5, 5.41) is 0. The second-order valence-corrected chi connectivity index (χ2v) is 9.08. The van der Waals surface area contributed by atoms with E-state index in [1.165, 1.54) is 64.2 Å². The first-order valence-corrected chi connectivity index (χ1v) is 13.2. The molecule has 1 aliphatic rings. The van der Waals surface area contributed by atoms with Crippen LogP contribution in [-0.2, 0) is 19.1 Å². The standard InChI is InChI=1S/C27H48O4/c1-3-5-7-9-11-13-18-22-30-26(28)24-20-16-15-17-21-25(24)27(29)31-23-19-14-12-10-8-6-4-2/h15-16,24-25H,3-14,17-23H2,1-2H3. The Bertz CT molecular complexity index is 486. The number of esters is 2. The predicted octanol–water partition coefficient (Wildman–Crippen LogP) is 7.55. The van der Waals surface area contributed by atoms with Crippen molar-refractivity contribution in [2.45, 2.75) is 123 Å². The van der Waals surface area contributed by atoms with Crippen LogP contribution in [0.25, 0.3) is 0 Å². The van der Waals surface area contributed by atoms with Crippen molar-refractivity contribution >= 4 is 11.9 Å². The van der Waals surface area contributed by atoms with Crippen LogP contribution in [0.4, 0.5) is 0 Å². The van der Waals surface area contributed by atoms with Crippen molar-refractivity contribution in [1.29, 1.82) is 0 Å². The van der Waals surface area contributed by atoms with E-state index in [0.717, 1.165) is 32.1 Å². The van der Waals surface area contributed by atoms with Gasteiger partial charge in [0.1, 0.15) is 0 Å². The highest BCUT2D eigenvalue weighted by atomic mass is 16.5. The van der Waals surface area contributed by atoms with Gasteiger partial charge in [-0.2, -0.15) is 0 Å². The molecular formula is C27H48O4. The van der Waals surface area contributed by atoms with Gasteiger partial charge >= 0.3 is 11.9 Å². The average molecular weight is 437 g/mol. The van der Waals surface area contributed by atoms with E-state index in [1.54, 1.807) is 0 Å². The van der Waals surface area contributed by atoms with Crippen molar-refractivity contribution in [3.63, 3.8) is 0 Å². The summed E-state index contributed by atoms with van der Waals surface area (Å²) < 4.78 is 11.1. The number of ether oxygens (including phenoxy) is 2. The van der Waals surface area contributed by atoms with Crippen LogP contribution in [0.15, 0.2) is 12.2 Å². The molecule has 0 fully saturated rings. The Balaban J connectivity index is 2.27. The van der Waals surface area contributed by atoms with Crippen LogP contribution in [0.1, 0.15) is 123 Å². The van der Waals surface area contributed by atoms with E-state index in [9.17, 15) is 9.59 Å². The Hall–Kier alpha value is -1.32. The maximum absolute atomic E-state index is 12.7. The van der Waals surface area contributed by atoms with Gasteiger partial charge in [-0.05, 0) is 32.1 Å². The maximum atomic E-state index is 12.7. The highest BCUT2D eigenvalue weighted by Crippen LogP contribution is 2.28. The molecule has 0 saturated heterocycles. The normalized spacial score (nSPS) is 18.5. The topological polar surface area (TPSA) is 52.6 Å². The molecule has 0 radical (unpaired) electrons. The molecule has 4 nitrogen and oxygen atoms in total. The van der Waals surface area contributed by atoms with Gasteiger partial charge in [-0.25, -0.2) is 0 Å². The third kappa shape index (κ3) is 13.6. The van der Waals surface area contributed by atoms with Crippen LogP contribution in [0.5, 0.6) is 0 Å². The summed E-state index contributed by atoms with van der Waals surface area (Å²) in [6, 6.07) is 0. The van der Waals surface area contributed by atoms with E-state index in [4.69, 9.17) is 9.47 Å². The fraction of sp³-hybridized carbons (Fsp3) is 0.852. The summed E-state index contributed by atoms with van der Waals surface area (Å²) in [4.78, 5) is 25.4. The number of hydrogen-bond donors (Lipinski definition) is 0. The van der Waals surface area contributed by atoms with E-state index in [-0.39, 0.29) is 17.9 Å². The fourth-order valence-electron chi connectivity index (χ4n) is 4.22. The molecule has 0 aliphatic heterocycles. The number of unbranched alkanes of at least 4 members (excludes halogenated alkanes) is 12. The highest BCUT2D eigenvalue weighted by molar-refractivity contribution is 5.82. The number of allylic oxidation sites excluding steroid dienone is 2. The van der Waals surface area contributed by atoms with Gasteiger partial charge in [-0.3, -0.25) is 9.59 Å². The summed E-state index contributed by atoms with van der Waals surface area (Å²) >= 11 is 0. The number of carbonyl (C=O) groups is 2. The van der Waals surface area contributed by atoms with E-state index in [1.807, 2.05) is 6.08 Å². The van der Waals surface area contributed by atoms with Crippen LogP contribution in [-0.4, -0.2) is 25.2 Å². The summed E-state index contributed by atoms with van der Waals surface area (Å²) in [5.41, 5.74) is 0. The second-order valence-electron chi connectivity index (χ2n) is 9.08. The SMILES string of the molecule is CCCCCCCCCOC(=O)C1CC=CCCC1C(=O)OCCCCCCCCC. The van der Waals surface area contributed by atoms with Crippen LogP contribution >= 0.6 is 0 Å². The van der Waals surface area contributed by atoms with Crippen molar-refractivity contribution in [3.8, 4) is 0 Å². The lowest BCUT2D eigenvalue weighted by Crippen LogP contribution is -2.32. The van der Waals surface area contributed by atoms with E-state index in [2.05, 4.69) is 19.9 Å².